The molecule has 0 unspecified atom stereocenters. The van der Waals surface area contributed by atoms with Crippen molar-refractivity contribution >= 4 is 44.9 Å². The van der Waals surface area contributed by atoms with Crippen LogP contribution >= 0.6 is 27.5 Å². The molecule has 6 heteroatoms. The molecule has 0 aliphatic carbocycles. The number of anilines is 3. The quantitative estimate of drug-likeness (QED) is 0.845. The molecule has 2 rings (SSSR count). The van der Waals surface area contributed by atoms with Gasteiger partial charge in [0.2, 0.25) is 0 Å². The summed E-state index contributed by atoms with van der Waals surface area (Å²) in [7, 11) is 1.86. The summed E-state index contributed by atoms with van der Waals surface area (Å²) in [5.41, 5.74) is 1.85. The Morgan fingerprint density at radius 3 is 2.60 bits per heavy atom. The van der Waals surface area contributed by atoms with Crippen LogP contribution in [0.3, 0.4) is 0 Å². The fraction of sp³-hybridized carbons (Fsp3) is 0.286. The Morgan fingerprint density at radius 1 is 1.25 bits per heavy atom. The van der Waals surface area contributed by atoms with Gasteiger partial charge in [-0.3, -0.25) is 0 Å². The highest BCUT2D eigenvalue weighted by molar-refractivity contribution is 9.10. The fourth-order valence-electron chi connectivity index (χ4n) is 1.81. The number of aryl methyl sites for hydroxylation is 1. The van der Waals surface area contributed by atoms with Crippen molar-refractivity contribution in [1.82, 2.24) is 9.97 Å². The Labute approximate surface area is 132 Å². The van der Waals surface area contributed by atoms with E-state index < -0.39 is 0 Å². The number of benzene rings is 1. The van der Waals surface area contributed by atoms with Gasteiger partial charge in [0.15, 0.2) is 0 Å². The predicted molar refractivity (Wildman–Crippen MR) is 88.1 cm³/mol. The van der Waals surface area contributed by atoms with Crippen molar-refractivity contribution in [2.24, 2.45) is 0 Å². The first-order valence-corrected chi connectivity index (χ1v) is 7.50. The summed E-state index contributed by atoms with van der Waals surface area (Å²) in [5, 5.41) is 7.06. The summed E-state index contributed by atoms with van der Waals surface area (Å²) in [6.07, 6.45) is 0.778. The average Bonchev–Trinajstić information content (AvgIpc) is 2.45. The van der Waals surface area contributed by atoms with Gasteiger partial charge in [-0.2, -0.15) is 0 Å². The summed E-state index contributed by atoms with van der Waals surface area (Å²) in [5.74, 6) is 2.40. The second kappa shape index (κ2) is 6.41. The van der Waals surface area contributed by atoms with E-state index in [-0.39, 0.29) is 0 Å². The lowest BCUT2D eigenvalue weighted by molar-refractivity contribution is 0.935. The van der Waals surface area contributed by atoms with E-state index in [9.17, 15) is 0 Å². The molecule has 0 aliphatic rings. The van der Waals surface area contributed by atoms with Crippen molar-refractivity contribution < 1.29 is 0 Å². The van der Waals surface area contributed by atoms with E-state index in [4.69, 9.17) is 11.6 Å². The van der Waals surface area contributed by atoms with Crippen molar-refractivity contribution in [1.29, 1.82) is 0 Å². The molecule has 2 aromatic rings. The van der Waals surface area contributed by atoms with Crippen LogP contribution in [0.25, 0.3) is 0 Å². The Morgan fingerprint density at radius 2 is 1.95 bits per heavy atom. The first-order chi connectivity index (χ1) is 9.56. The highest BCUT2D eigenvalue weighted by atomic mass is 79.9. The van der Waals surface area contributed by atoms with Crippen LogP contribution in [-0.4, -0.2) is 17.0 Å². The maximum absolute atomic E-state index is 6.10. The Kier molecular flexibility index (Phi) is 4.83. The minimum Gasteiger partial charge on any atom is -0.373 e. The fourth-order valence-corrected chi connectivity index (χ4v) is 2.35. The SMILES string of the molecule is CCc1nc(NC)c(C)c(Nc2cccc(Cl)c2Br)n1. The topological polar surface area (TPSA) is 49.8 Å². The zero-order valence-corrected chi connectivity index (χ0v) is 13.9. The van der Waals surface area contributed by atoms with Gasteiger partial charge in [-0.1, -0.05) is 24.6 Å². The van der Waals surface area contributed by atoms with E-state index >= 15 is 0 Å². The van der Waals surface area contributed by atoms with Crippen LogP contribution in [0.15, 0.2) is 22.7 Å². The molecule has 0 aliphatic heterocycles. The van der Waals surface area contributed by atoms with Gasteiger partial charge in [0, 0.05) is 19.0 Å². The summed E-state index contributed by atoms with van der Waals surface area (Å²) in [6, 6.07) is 5.67. The maximum Gasteiger partial charge on any atom is 0.139 e. The molecule has 1 aromatic heterocycles. The van der Waals surface area contributed by atoms with E-state index in [2.05, 4.69) is 36.5 Å². The number of hydrogen-bond donors (Lipinski definition) is 2. The standard InChI is InChI=1S/C14H16BrClN4/c1-4-11-19-13(17-3)8(2)14(20-11)18-10-7-5-6-9(16)12(10)15/h5-7H,4H2,1-3H3,(H2,17,18,19,20). The summed E-state index contributed by atoms with van der Waals surface area (Å²) in [4.78, 5) is 8.99. The molecular formula is C14H16BrClN4. The van der Waals surface area contributed by atoms with Crippen LogP contribution in [0.1, 0.15) is 18.3 Å². The Hall–Kier alpha value is -1.33. The van der Waals surface area contributed by atoms with Gasteiger partial charge >= 0.3 is 0 Å². The second-order valence-corrected chi connectivity index (χ2v) is 5.49. The molecule has 0 fully saturated rings. The molecule has 0 saturated heterocycles. The molecular weight excluding hydrogens is 340 g/mol. The highest BCUT2D eigenvalue weighted by Crippen LogP contribution is 2.33. The first kappa shape index (κ1) is 15.1. The highest BCUT2D eigenvalue weighted by Gasteiger charge is 2.11. The molecule has 0 bridgehead atoms. The lowest BCUT2D eigenvalue weighted by Gasteiger charge is -2.14. The molecule has 0 saturated carbocycles. The Balaban J connectivity index is 2.45. The lowest BCUT2D eigenvalue weighted by atomic mass is 10.2. The molecule has 0 spiro atoms. The molecule has 106 valence electrons. The first-order valence-electron chi connectivity index (χ1n) is 6.33. The zero-order valence-electron chi connectivity index (χ0n) is 11.6. The van der Waals surface area contributed by atoms with E-state index in [1.807, 2.05) is 39.1 Å². The smallest absolute Gasteiger partial charge is 0.139 e. The zero-order chi connectivity index (χ0) is 14.7. The van der Waals surface area contributed by atoms with Crippen LogP contribution in [-0.2, 0) is 6.42 Å². The van der Waals surface area contributed by atoms with Crippen LogP contribution in [0, 0.1) is 6.92 Å². The third-order valence-electron chi connectivity index (χ3n) is 2.95. The molecule has 1 aromatic carbocycles. The largest absolute Gasteiger partial charge is 0.373 e. The summed E-state index contributed by atoms with van der Waals surface area (Å²) >= 11 is 9.58. The minimum atomic E-state index is 0.659. The summed E-state index contributed by atoms with van der Waals surface area (Å²) < 4.78 is 0.823. The van der Waals surface area contributed by atoms with Crippen molar-refractivity contribution in [2.45, 2.75) is 20.3 Å². The molecule has 0 atom stereocenters. The van der Waals surface area contributed by atoms with E-state index in [0.717, 1.165) is 39.6 Å². The minimum absolute atomic E-state index is 0.659. The van der Waals surface area contributed by atoms with Crippen LogP contribution < -0.4 is 10.6 Å². The van der Waals surface area contributed by atoms with Crippen molar-refractivity contribution in [3.8, 4) is 0 Å². The van der Waals surface area contributed by atoms with Crippen molar-refractivity contribution in [3.05, 3.63) is 39.1 Å². The molecule has 20 heavy (non-hydrogen) atoms. The number of nitrogens with one attached hydrogen (secondary N) is 2. The van der Waals surface area contributed by atoms with Crippen molar-refractivity contribution in [3.63, 3.8) is 0 Å². The molecule has 0 amide bonds. The number of halogens is 2. The normalized spacial score (nSPS) is 10.4. The Bertz CT molecular complexity index is 631. The third kappa shape index (κ3) is 3.04. The average molecular weight is 356 g/mol. The van der Waals surface area contributed by atoms with E-state index in [1.165, 1.54) is 0 Å². The molecule has 2 N–H and O–H groups in total. The van der Waals surface area contributed by atoms with Crippen molar-refractivity contribution in [2.75, 3.05) is 17.7 Å². The van der Waals surface area contributed by atoms with Gasteiger partial charge in [-0.15, -0.1) is 0 Å². The van der Waals surface area contributed by atoms with E-state index in [0.29, 0.717) is 5.02 Å². The molecule has 4 nitrogen and oxygen atoms in total. The van der Waals surface area contributed by atoms with Gasteiger partial charge in [0.25, 0.3) is 0 Å². The van der Waals surface area contributed by atoms with Gasteiger partial charge < -0.3 is 10.6 Å². The molecule has 0 radical (unpaired) electrons. The van der Waals surface area contributed by atoms with Gasteiger partial charge in [-0.25, -0.2) is 9.97 Å². The van der Waals surface area contributed by atoms with Crippen LogP contribution in [0.2, 0.25) is 5.02 Å². The second-order valence-electron chi connectivity index (χ2n) is 4.29. The molecule has 1 heterocycles. The monoisotopic (exact) mass is 354 g/mol. The maximum atomic E-state index is 6.10. The number of hydrogen-bond acceptors (Lipinski definition) is 4. The van der Waals surface area contributed by atoms with Gasteiger partial charge in [0.1, 0.15) is 17.5 Å². The van der Waals surface area contributed by atoms with Gasteiger partial charge in [0.05, 0.1) is 15.2 Å². The number of rotatable bonds is 4. The number of aromatic nitrogens is 2. The summed E-state index contributed by atoms with van der Waals surface area (Å²) in [6.45, 7) is 4.01. The van der Waals surface area contributed by atoms with E-state index in [1.54, 1.807) is 0 Å². The third-order valence-corrected chi connectivity index (χ3v) is 4.35. The lowest BCUT2D eigenvalue weighted by Crippen LogP contribution is -2.07. The van der Waals surface area contributed by atoms with Gasteiger partial charge in [-0.05, 0) is 35.0 Å². The predicted octanol–water partition coefficient (Wildman–Crippen LogP) is 4.55. The van der Waals surface area contributed by atoms with Crippen LogP contribution in [0.4, 0.5) is 17.3 Å². The van der Waals surface area contributed by atoms with Crippen LogP contribution in [0.5, 0.6) is 0 Å². The number of nitrogens with zero attached hydrogens (tertiary/aromatic N) is 2.